The smallest absolute Gasteiger partial charge is 0.325 e. The lowest BCUT2D eigenvalue weighted by molar-refractivity contribution is -0.385. The fourth-order valence-corrected chi connectivity index (χ4v) is 1.35. The van der Waals surface area contributed by atoms with Gasteiger partial charge in [0.1, 0.15) is 4.47 Å². The average Bonchev–Trinajstić information content (AvgIpc) is 2.04. The number of pyridine rings is 1. The number of hydrogen-bond donors (Lipinski definition) is 1. The summed E-state index contributed by atoms with van der Waals surface area (Å²) < 4.78 is 0.434. The van der Waals surface area contributed by atoms with E-state index in [4.69, 9.17) is 0 Å². The van der Waals surface area contributed by atoms with Gasteiger partial charge >= 0.3 is 5.69 Å². The minimum absolute atomic E-state index is 0.0237. The van der Waals surface area contributed by atoms with Crippen LogP contribution >= 0.6 is 15.9 Å². The maximum Gasteiger partial charge on any atom is 0.325 e. The van der Waals surface area contributed by atoms with Crippen molar-refractivity contribution in [3.63, 3.8) is 0 Å². The van der Waals surface area contributed by atoms with Crippen molar-refractivity contribution < 1.29 is 4.92 Å². The molecule has 1 aromatic rings. The van der Waals surface area contributed by atoms with Crippen molar-refractivity contribution in [1.29, 1.82) is 0 Å². The Morgan fingerprint density at radius 3 is 3.00 bits per heavy atom. The van der Waals surface area contributed by atoms with E-state index in [1.165, 1.54) is 6.20 Å². The largest absolute Gasteiger partial charge is 0.365 e. The van der Waals surface area contributed by atoms with Crippen molar-refractivity contribution in [3.8, 4) is 0 Å². The van der Waals surface area contributed by atoms with Crippen LogP contribution in [0, 0.1) is 10.1 Å². The molecule has 70 valence electrons. The minimum Gasteiger partial charge on any atom is -0.365 e. The number of nitrogens with one attached hydrogen (secondary N) is 1. The van der Waals surface area contributed by atoms with Crippen LogP contribution in [0.3, 0.4) is 0 Å². The van der Waals surface area contributed by atoms with Crippen LogP contribution in [0.4, 0.5) is 11.5 Å². The van der Waals surface area contributed by atoms with E-state index in [2.05, 4.69) is 26.2 Å². The van der Waals surface area contributed by atoms with Crippen molar-refractivity contribution in [2.75, 3.05) is 11.9 Å². The first-order chi connectivity index (χ1) is 6.16. The molecule has 0 amide bonds. The molecule has 0 radical (unpaired) electrons. The zero-order valence-corrected chi connectivity index (χ0v) is 8.54. The quantitative estimate of drug-likeness (QED) is 0.655. The lowest BCUT2D eigenvalue weighted by Crippen LogP contribution is -2.03. The van der Waals surface area contributed by atoms with E-state index in [0.29, 0.717) is 16.8 Å². The third kappa shape index (κ3) is 2.15. The summed E-state index contributed by atoms with van der Waals surface area (Å²) in [7, 11) is 0. The van der Waals surface area contributed by atoms with E-state index in [0.717, 1.165) is 0 Å². The lowest BCUT2D eigenvalue weighted by atomic mass is 10.4. The second-order valence-electron chi connectivity index (χ2n) is 2.28. The highest BCUT2D eigenvalue weighted by molar-refractivity contribution is 9.10. The molecule has 0 aromatic carbocycles. The summed E-state index contributed by atoms with van der Waals surface area (Å²) in [5.41, 5.74) is -0.0237. The third-order valence-corrected chi connectivity index (χ3v) is 2.04. The Morgan fingerprint density at radius 2 is 2.46 bits per heavy atom. The second kappa shape index (κ2) is 4.18. The van der Waals surface area contributed by atoms with Gasteiger partial charge in [-0.25, -0.2) is 4.98 Å². The molecule has 0 fully saturated rings. The summed E-state index contributed by atoms with van der Waals surface area (Å²) in [5, 5.41) is 13.4. The molecule has 0 aliphatic carbocycles. The van der Waals surface area contributed by atoms with Crippen LogP contribution in [0.25, 0.3) is 0 Å². The summed E-state index contributed by atoms with van der Waals surface area (Å²) >= 11 is 3.10. The predicted octanol–water partition coefficient (Wildman–Crippen LogP) is 2.18. The first-order valence-electron chi connectivity index (χ1n) is 3.69. The van der Waals surface area contributed by atoms with Gasteiger partial charge < -0.3 is 5.32 Å². The summed E-state index contributed by atoms with van der Waals surface area (Å²) in [6, 6.07) is 1.54. The van der Waals surface area contributed by atoms with Crippen LogP contribution < -0.4 is 5.32 Å². The number of anilines is 1. The molecule has 0 saturated carbocycles. The zero-order chi connectivity index (χ0) is 9.84. The minimum atomic E-state index is -0.463. The number of aromatic nitrogens is 1. The van der Waals surface area contributed by atoms with Gasteiger partial charge in [0.2, 0.25) is 5.82 Å². The number of halogens is 1. The second-order valence-corrected chi connectivity index (χ2v) is 3.13. The maximum absolute atomic E-state index is 10.6. The highest BCUT2D eigenvalue weighted by atomic mass is 79.9. The molecular formula is C7H8BrN3O2. The van der Waals surface area contributed by atoms with Gasteiger partial charge in [-0.05, 0) is 28.9 Å². The molecule has 0 spiro atoms. The molecule has 6 heteroatoms. The summed E-state index contributed by atoms with van der Waals surface area (Å²) in [4.78, 5) is 14.0. The molecule has 13 heavy (non-hydrogen) atoms. The zero-order valence-electron chi connectivity index (χ0n) is 6.95. The summed E-state index contributed by atoms with van der Waals surface area (Å²) in [6.45, 7) is 2.45. The summed E-state index contributed by atoms with van der Waals surface area (Å²) in [6.07, 6.45) is 1.51. The number of nitro groups is 1. The van der Waals surface area contributed by atoms with E-state index in [9.17, 15) is 10.1 Å². The van der Waals surface area contributed by atoms with Crippen molar-refractivity contribution in [3.05, 3.63) is 26.9 Å². The van der Waals surface area contributed by atoms with Gasteiger partial charge in [-0.2, -0.15) is 0 Å². The van der Waals surface area contributed by atoms with Gasteiger partial charge in [-0.15, -0.1) is 0 Å². The monoisotopic (exact) mass is 245 g/mol. The van der Waals surface area contributed by atoms with Crippen molar-refractivity contribution in [2.45, 2.75) is 6.92 Å². The topological polar surface area (TPSA) is 68.1 Å². The SMILES string of the molecule is CCNc1nccc(Br)c1[N+](=O)[O-]. The number of rotatable bonds is 3. The fourth-order valence-electron chi connectivity index (χ4n) is 0.901. The Hall–Kier alpha value is -1.17. The van der Waals surface area contributed by atoms with Crippen molar-refractivity contribution in [1.82, 2.24) is 4.98 Å². The molecule has 1 N–H and O–H groups in total. The van der Waals surface area contributed by atoms with Gasteiger partial charge in [0, 0.05) is 12.7 Å². The van der Waals surface area contributed by atoms with Crippen LogP contribution in [0.2, 0.25) is 0 Å². The van der Waals surface area contributed by atoms with E-state index in [1.807, 2.05) is 6.92 Å². The van der Waals surface area contributed by atoms with Gasteiger partial charge in [0.25, 0.3) is 0 Å². The molecule has 5 nitrogen and oxygen atoms in total. The predicted molar refractivity (Wildman–Crippen MR) is 52.8 cm³/mol. The van der Waals surface area contributed by atoms with E-state index in [1.54, 1.807) is 6.07 Å². The van der Waals surface area contributed by atoms with Crippen molar-refractivity contribution in [2.24, 2.45) is 0 Å². The molecule has 0 bridgehead atoms. The highest BCUT2D eigenvalue weighted by Gasteiger charge is 2.18. The molecule has 1 heterocycles. The summed E-state index contributed by atoms with van der Waals surface area (Å²) in [5.74, 6) is 0.293. The maximum atomic E-state index is 10.6. The molecule has 0 aliphatic heterocycles. The Balaban J connectivity index is 3.17. The van der Waals surface area contributed by atoms with E-state index >= 15 is 0 Å². The normalized spacial score (nSPS) is 9.69. The fraction of sp³-hybridized carbons (Fsp3) is 0.286. The highest BCUT2D eigenvalue weighted by Crippen LogP contribution is 2.30. The first-order valence-corrected chi connectivity index (χ1v) is 4.49. The Labute approximate surface area is 83.5 Å². The number of nitrogens with zero attached hydrogens (tertiary/aromatic N) is 2. The third-order valence-electron chi connectivity index (χ3n) is 1.40. The average molecular weight is 246 g/mol. The van der Waals surface area contributed by atoms with Gasteiger partial charge in [0.05, 0.1) is 4.92 Å². The van der Waals surface area contributed by atoms with Gasteiger partial charge in [-0.1, -0.05) is 0 Å². The van der Waals surface area contributed by atoms with Gasteiger partial charge in [-0.3, -0.25) is 10.1 Å². The van der Waals surface area contributed by atoms with Crippen LogP contribution in [-0.2, 0) is 0 Å². The lowest BCUT2D eigenvalue weighted by Gasteiger charge is -2.03. The molecule has 0 aliphatic rings. The standard InChI is InChI=1S/C7H8BrN3O2/c1-2-9-7-6(11(12)13)5(8)3-4-10-7/h3-4H,2H2,1H3,(H,9,10). The molecule has 0 saturated heterocycles. The first kappa shape index (κ1) is 9.91. The van der Waals surface area contributed by atoms with Crippen molar-refractivity contribution >= 4 is 27.4 Å². The molecule has 1 aromatic heterocycles. The molecule has 0 unspecified atom stereocenters. The number of hydrogen-bond acceptors (Lipinski definition) is 4. The van der Waals surface area contributed by atoms with E-state index < -0.39 is 4.92 Å². The van der Waals surface area contributed by atoms with Crippen LogP contribution in [0.5, 0.6) is 0 Å². The van der Waals surface area contributed by atoms with Crippen LogP contribution in [0.1, 0.15) is 6.92 Å². The van der Waals surface area contributed by atoms with Gasteiger partial charge in [0.15, 0.2) is 0 Å². The van der Waals surface area contributed by atoms with Crippen LogP contribution in [0.15, 0.2) is 16.7 Å². The molecule has 0 atom stereocenters. The molecular weight excluding hydrogens is 238 g/mol. The Bertz CT molecular complexity index is 330. The van der Waals surface area contributed by atoms with Crippen LogP contribution in [-0.4, -0.2) is 16.5 Å². The molecule has 1 rings (SSSR count). The van der Waals surface area contributed by atoms with E-state index in [-0.39, 0.29) is 5.69 Å². The Kier molecular flexibility index (Phi) is 3.18. The Morgan fingerprint density at radius 1 is 1.77 bits per heavy atom.